The average molecular weight is 338 g/mol. The van der Waals surface area contributed by atoms with E-state index in [0.717, 1.165) is 30.8 Å². The first-order chi connectivity index (χ1) is 11.8. The summed E-state index contributed by atoms with van der Waals surface area (Å²) in [5.41, 5.74) is 2.25. The summed E-state index contributed by atoms with van der Waals surface area (Å²) in [6.45, 7) is 4.42. The van der Waals surface area contributed by atoms with Gasteiger partial charge < -0.3 is 10.1 Å². The van der Waals surface area contributed by atoms with Gasteiger partial charge in [-0.3, -0.25) is 4.98 Å². The zero-order chi connectivity index (χ0) is 16.6. The molecule has 3 nitrogen and oxygen atoms in total. The zero-order valence-electron chi connectivity index (χ0n) is 13.9. The van der Waals surface area contributed by atoms with Crippen molar-refractivity contribution in [2.45, 2.75) is 33.0 Å². The van der Waals surface area contributed by atoms with Gasteiger partial charge in [-0.2, -0.15) is 0 Å². The van der Waals surface area contributed by atoms with Crippen LogP contribution in [0.1, 0.15) is 27.8 Å². The third kappa shape index (κ3) is 4.66. The Morgan fingerprint density at radius 3 is 2.67 bits per heavy atom. The maximum absolute atomic E-state index is 5.97. The number of nitrogens with one attached hydrogen (secondary N) is 1. The molecular formula is C20H22N2OS. The zero-order valence-corrected chi connectivity index (χ0v) is 14.7. The van der Waals surface area contributed by atoms with E-state index in [1.54, 1.807) is 6.20 Å². The molecule has 0 spiro atoms. The summed E-state index contributed by atoms with van der Waals surface area (Å²) < 4.78 is 5.97. The van der Waals surface area contributed by atoms with E-state index in [4.69, 9.17) is 4.74 Å². The molecule has 24 heavy (non-hydrogen) atoms. The predicted molar refractivity (Wildman–Crippen MR) is 99.3 cm³/mol. The van der Waals surface area contributed by atoms with Gasteiger partial charge in [-0.25, -0.2) is 0 Å². The molecule has 0 fully saturated rings. The number of rotatable bonds is 8. The Balaban J connectivity index is 1.55. The van der Waals surface area contributed by atoms with Crippen LogP contribution in [-0.4, -0.2) is 4.98 Å². The van der Waals surface area contributed by atoms with Crippen LogP contribution < -0.4 is 10.1 Å². The number of aromatic nitrogens is 1. The van der Waals surface area contributed by atoms with E-state index < -0.39 is 0 Å². The van der Waals surface area contributed by atoms with Crippen LogP contribution in [0.2, 0.25) is 0 Å². The third-order valence-electron chi connectivity index (χ3n) is 3.77. The van der Waals surface area contributed by atoms with Crippen molar-refractivity contribution < 1.29 is 4.74 Å². The summed E-state index contributed by atoms with van der Waals surface area (Å²) in [5, 5.41) is 3.51. The van der Waals surface area contributed by atoms with Gasteiger partial charge >= 0.3 is 0 Å². The lowest BCUT2D eigenvalue weighted by molar-refractivity contribution is 0.301. The molecule has 0 aliphatic heterocycles. The first-order valence-corrected chi connectivity index (χ1v) is 9.04. The summed E-state index contributed by atoms with van der Waals surface area (Å²) in [7, 11) is 0. The van der Waals surface area contributed by atoms with Crippen molar-refractivity contribution in [3.63, 3.8) is 0 Å². The number of hydrogen-bond donors (Lipinski definition) is 1. The van der Waals surface area contributed by atoms with Crippen molar-refractivity contribution >= 4 is 11.3 Å². The number of hydrogen-bond acceptors (Lipinski definition) is 4. The summed E-state index contributed by atoms with van der Waals surface area (Å²) in [6.07, 6.45) is 4.72. The number of benzene rings is 1. The van der Waals surface area contributed by atoms with Crippen molar-refractivity contribution in [3.05, 3.63) is 81.8 Å². The number of nitrogens with zero attached hydrogens (tertiary/aromatic N) is 1. The predicted octanol–water partition coefficient (Wildman–Crippen LogP) is 4.57. The molecule has 0 amide bonds. The standard InChI is InChI=1S/C20H22N2OS/c1-2-18-9-10-19(24-18)14-22-13-17-7-3-4-8-20(17)23-15-16-6-5-11-21-12-16/h3-12,22H,2,13-15H2,1H3. The van der Waals surface area contributed by atoms with Crippen molar-refractivity contribution in [1.82, 2.24) is 10.3 Å². The highest BCUT2D eigenvalue weighted by atomic mass is 32.1. The van der Waals surface area contributed by atoms with E-state index in [9.17, 15) is 0 Å². The highest BCUT2D eigenvalue weighted by molar-refractivity contribution is 7.11. The first kappa shape index (κ1) is 16.7. The van der Waals surface area contributed by atoms with Crippen LogP contribution in [-0.2, 0) is 26.1 Å². The van der Waals surface area contributed by atoms with Crippen molar-refractivity contribution in [1.29, 1.82) is 0 Å². The Hall–Kier alpha value is -2.17. The van der Waals surface area contributed by atoms with E-state index in [0.29, 0.717) is 6.61 Å². The molecule has 4 heteroatoms. The van der Waals surface area contributed by atoms with Crippen LogP contribution in [0, 0.1) is 0 Å². The second-order valence-electron chi connectivity index (χ2n) is 5.58. The molecule has 1 aromatic carbocycles. The Kier molecular flexibility index (Phi) is 5.99. The minimum Gasteiger partial charge on any atom is -0.489 e. The maximum atomic E-state index is 5.97. The number of para-hydroxylation sites is 1. The van der Waals surface area contributed by atoms with E-state index >= 15 is 0 Å². The Labute approximate surface area is 147 Å². The number of pyridine rings is 1. The molecule has 0 saturated carbocycles. The molecule has 0 saturated heterocycles. The van der Waals surface area contributed by atoms with Crippen molar-refractivity contribution in [3.8, 4) is 5.75 Å². The van der Waals surface area contributed by atoms with E-state index in [-0.39, 0.29) is 0 Å². The molecule has 3 rings (SSSR count). The molecule has 0 unspecified atom stereocenters. The van der Waals surface area contributed by atoms with Gasteiger partial charge in [-0.05, 0) is 30.7 Å². The second-order valence-corrected chi connectivity index (χ2v) is 6.84. The van der Waals surface area contributed by atoms with Gasteiger partial charge in [0.15, 0.2) is 0 Å². The van der Waals surface area contributed by atoms with Gasteiger partial charge in [0.1, 0.15) is 12.4 Å². The van der Waals surface area contributed by atoms with Crippen molar-refractivity contribution in [2.24, 2.45) is 0 Å². The molecule has 0 atom stereocenters. The van der Waals surface area contributed by atoms with E-state index in [2.05, 4.69) is 35.4 Å². The summed E-state index contributed by atoms with van der Waals surface area (Å²) in [4.78, 5) is 6.93. The van der Waals surface area contributed by atoms with Gasteiger partial charge in [-0.1, -0.05) is 31.2 Å². The van der Waals surface area contributed by atoms with Gasteiger partial charge in [0.05, 0.1) is 0 Å². The number of ether oxygens (including phenoxy) is 1. The number of thiophene rings is 1. The molecule has 0 bridgehead atoms. The molecule has 0 aliphatic carbocycles. The smallest absolute Gasteiger partial charge is 0.124 e. The number of aryl methyl sites for hydroxylation is 1. The molecule has 0 aliphatic rings. The molecule has 3 aromatic rings. The SMILES string of the molecule is CCc1ccc(CNCc2ccccc2OCc2cccnc2)s1. The van der Waals surface area contributed by atoms with Crippen LogP contribution in [0.4, 0.5) is 0 Å². The fraction of sp³-hybridized carbons (Fsp3) is 0.250. The fourth-order valence-electron chi connectivity index (χ4n) is 2.46. The summed E-state index contributed by atoms with van der Waals surface area (Å²) in [5.74, 6) is 0.925. The minimum absolute atomic E-state index is 0.537. The van der Waals surface area contributed by atoms with Gasteiger partial charge in [0.25, 0.3) is 0 Å². The van der Waals surface area contributed by atoms with Gasteiger partial charge in [0, 0.05) is 46.4 Å². The Bertz CT molecular complexity index is 755. The molecular weight excluding hydrogens is 316 g/mol. The molecule has 0 radical (unpaired) electrons. The van der Waals surface area contributed by atoms with Crippen LogP contribution in [0.15, 0.2) is 60.9 Å². The minimum atomic E-state index is 0.537. The normalized spacial score (nSPS) is 10.7. The maximum Gasteiger partial charge on any atom is 0.124 e. The highest BCUT2D eigenvalue weighted by Crippen LogP contribution is 2.20. The van der Waals surface area contributed by atoms with Crippen LogP contribution in [0.25, 0.3) is 0 Å². The summed E-state index contributed by atoms with van der Waals surface area (Å²) >= 11 is 1.88. The quantitative estimate of drug-likeness (QED) is 0.653. The van der Waals surface area contributed by atoms with Crippen LogP contribution in [0.5, 0.6) is 5.75 Å². The topological polar surface area (TPSA) is 34.1 Å². The van der Waals surface area contributed by atoms with E-state index in [1.807, 2.05) is 47.9 Å². The monoisotopic (exact) mass is 338 g/mol. The first-order valence-electron chi connectivity index (χ1n) is 8.23. The van der Waals surface area contributed by atoms with E-state index in [1.165, 1.54) is 15.3 Å². The van der Waals surface area contributed by atoms with Gasteiger partial charge in [-0.15, -0.1) is 11.3 Å². The van der Waals surface area contributed by atoms with Crippen molar-refractivity contribution in [2.75, 3.05) is 0 Å². The fourth-order valence-corrected chi connectivity index (χ4v) is 3.39. The lowest BCUT2D eigenvalue weighted by atomic mass is 10.2. The van der Waals surface area contributed by atoms with Crippen LogP contribution >= 0.6 is 11.3 Å². The molecule has 1 N–H and O–H groups in total. The Morgan fingerprint density at radius 2 is 1.88 bits per heavy atom. The Morgan fingerprint density at radius 1 is 1.00 bits per heavy atom. The summed E-state index contributed by atoms with van der Waals surface area (Å²) in [6, 6.07) is 16.6. The lowest BCUT2D eigenvalue weighted by Crippen LogP contribution is -2.12. The molecule has 2 aromatic heterocycles. The average Bonchev–Trinajstić information content (AvgIpc) is 3.10. The van der Waals surface area contributed by atoms with Gasteiger partial charge in [0.2, 0.25) is 0 Å². The van der Waals surface area contributed by atoms with Crippen LogP contribution in [0.3, 0.4) is 0 Å². The molecule has 2 heterocycles. The molecule has 124 valence electrons. The second kappa shape index (κ2) is 8.62. The lowest BCUT2D eigenvalue weighted by Gasteiger charge is -2.12. The highest BCUT2D eigenvalue weighted by Gasteiger charge is 2.04. The largest absolute Gasteiger partial charge is 0.489 e. The third-order valence-corrected chi connectivity index (χ3v) is 5.00.